The van der Waals surface area contributed by atoms with Crippen molar-refractivity contribution < 1.29 is 27.6 Å². The number of nitrogens with zero attached hydrogens (tertiary/aromatic N) is 3. The summed E-state index contributed by atoms with van der Waals surface area (Å²) in [6.45, 7) is 2.58. The van der Waals surface area contributed by atoms with E-state index in [-0.39, 0.29) is 0 Å². The number of hydrogen-bond donors (Lipinski definition) is 2. The smallest absolute Gasteiger partial charge is 0.475 e. The highest BCUT2D eigenvalue weighted by Gasteiger charge is 2.38. The van der Waals surface area contributed by atoms with E-state index in [1.807, 2.05) is 29.7 Å². The summed E-state index contributed by atoms with van der Waals surface area (Å²) in [5, 5.41) is 14.8. The highest BCUT2D eigenvalue weighted by atomic mass is 35.5. The first-order valence-electron chi connectivity index (χ1n) is 6.76. The van der Waals surface area contributed by atoms with Crippen LogP contribution >= 0.6 is 11.6 Å². The summed E-state index contributed by atoms with van der Waals surface area (Å²) >= 11 is 6.00. The monoisotopic (exact) mass is 376 g/mol. The zero-order valence-electron chi connectivity index (χ0n) is 12.7. The maximum Gasteiger partial charge on any atom is 0.490 e. The Morgan fingerprint density at radius 1 is 1.40 bits per heavy atom. The number of carbonyl (C=O) groups is 1. The summed E-state index contributed by atoms with van der Waals surface area (Å²) < 4.78 is 38.5. The van der Waals surface area contributed by atoms with Crippen molar-refractivity contribution >= 4 is 29.0 Å². The van der Waals surface area contributed by atoms with Crippen LogP contribution in [0.1, 0.15) is 11.4 Å². The van der Waals surface area contributed by atoms with Crippen LogP contribution in [-0.4, -0.2) is 31.8 Å². The second-order valence-electron chi connectivity index (χ2n) is 4.76. The van der Waals surface area contributed by atoms with E-state index in [1.54, 1.807) is 6.07 Å². The Labute approximate surface area is 144 Å². The predicted octanol–water partition coefficient (Wildman–Crippen LogP) is 3.53. The molecule has 0 atom stereocenters. The van der Waals surface area contributed by atoms with E-state index in [9.17, 15) is 13.2 Å². The Balaban J connectivity index is 0.000000277. The van der Waals surface area contributed by atoms with E-state index in [1.165, 1.54) is 6.26 Å². The van der Waals surface area contributed by atoms with Gasteiger partial charge in [-0.15, -0.1) is 0 Å². The molecule has 0 unspecified atom stereocenters. The van der Waals surface area contributed by atoms with Gasteiger partial charge in [-0.25, -0.2) is 9.78 Å². The van der Waals surface area contributed by atoms with Gasteiger partial charge in [0.1, 0.15) is 11.9 Å². The highest BCUT2D eigenvalue weighted by molar-refractivity contribution is 6.30. The molecule has 0 spiro atoms. The number of fused-ring (bicyclic) bond motifs is 1. The number of aliphatic carboxylic acids is 1. The van der Waals surface area contributed by atoms with Gasteiger partial charge in [-0.1, -0.05) is 16.8 Å². The average molecular weight is 377 g/mol. The number of hydrogen-bond acceptors (Lipinski definition) is 5. The van der Waals surface area contributed by atoms with Crippen molar-refractivity contribution in [2.24, 2.45) is 0 Å². The number of alkyl halides is 3. The van der Waals surface area contributed by atoms with E-state index in [0.717, 1.165) is 17.0 Å². The van der Waals surface area contributed by atoms with Gasteiger partial charge in [0.15, 0.2) is 5.82 Å². The van der Waals surface area contributed by atoms with Gasteiger partial charge in [-0.2, -0.15) is 13.2 Å². The van der Waals surface area contributed by atoms with Gasteiger partial charge >= 0.3 is 12.1 Å². The molecule has 0 aliphatic heterocycles. The molecule has 25 heavy (non-hydrogen) atoms. The average Bonchev–Trinajstić information content (AvgIpc) is 3.12. The van der Waals surface area contributed by atoms with E-state index in [4.69, 9.17) is 26.0 Å². The predicted molar refractivity (Wildman–Crippen MR) is 82.5 cm³/mol. The molecule has 7 nitrogen and oxygen atoms in total. The fourth-order valence-corrected chi connectivity index (χ4v) is 2.04. The SMILES string of the molecule is Cc1nc2ccc(Cl)cn2c1CNc1ccon1.O=C(O)C(F)(F)F. The lowest BCUT2D eigenvalue weighted by Gasteiger charge is -2.04. The number of rotatable bonds is 3. The lowest BCUT2D eigenvalue weighted by atomic mass is 10.3. The molecule has 0 saturated carbocycles. The second kappa shape index (κ2) is 7.43. The van der Waals surface area contributed by atoms with Crippen LogP contribution in [0.4, 0.5) is 19.0 Å². The molecule has 3 heterocycles. The van der Waals surface area contributed by atoms with Crippen molar-refractivity contribution in [3.8, 4) is 0 Å². The molecule has 0 bridgehead atoms. The van der Waals surface area contributed by atoms with Crippen molar-refractivity contribution in [3.05, 3.63) is 47.1 Å². The zero-order chi connectivity index (χ0) is 18.6. The van der Waals surface area contributed by atoms with E-state index in [0.29, 0.717) is 17.4 Å². The van der Waals surface area contributed by atoms with Gasteiger partial charge in [0.2, 0.25) is 0 Å². The largest absolute Gasteiger partial charge is 0.490 e. The molecule has 2 N–H and O–H groups in total. The minimum absolute atomic E-state index is 0.611. The van der Waals surface area contributed by atoms with Crippen LogP contribution < -0.4 is 5.32 Å². The first-order chi connectivity index (χ1) is 11.7. The molecule has 3 aromatic heterocycles. The molecule has 0 aromatic carbocycles. The Bertz CT molecular complexity index is 862. The van der Waals surface area contributed by atoms with Crippen LogP contribution in [0.3, 0.4) is 0 Å². The molecule has 3 aromatic rings. The molecule has 0 fully saturated rings. The molecule has 0 aliphatic carbocycles. The number of aryl methyl sites for hydroxylation is 1. The van der Waals surface area contributed by atoms with Gasteiger partial charge in [0, 0.05) is 12.3 Å². The van der Waals surface area contributed by atoms with Crippen molar-refractivity contribution in [3.63, 3.8) is 0 Å². The molecule has 3 rings (SSSR count). The van der Waals surface area contributed by atoms with Crippen molar-refractivity contribution in [2.75, 3.05) is 5.32 Å². The lowest BCUT2D eigenvalue weighted by molar-refractivity contribution is -0.192. The molecule has 11 heteroatoms. The first-order valence-corrected chi connectivity index (χ1v) is 7.13. The molecule has 0 aliphatic rings. The Morgan fingerprint density at radius 2 is 2.08 bits per heavy atom. The summed E-state index contributed by atoms with van der Waals surface area (Å²) in [5.41, 5.74) is 2.90. The quantitative estimate of drug-likeness (QED) is 0.726. The third kappa shape index (κ3) is 4.86. The van der Waals surface area contributed by atoms with Gasteiger partial charge in [-0.3, -0.25) is 0 Å². The number of imidazole rings is 1. The maximum absolute atomic E-state index is 10.6. The van der Waals surface area contributed by atoms with E-state index in [2.05, 4.69) is 15.5 Å². The normalized spacial score (nSPS) is 11.1. The second-order valence-corrected chi connectivity index (χ2v) is 5.20. The molecule has 134 valence electrons. The van der Waals surface area contributed by atoms with Crippen LogP contribution in [0.25, 0.3) is 5.65 Å². The van der Waals surface area contributed by atoms with Gasteiger partial charge < -0.3 is 19.3 Å². The molecule has 0 amide bonds. The molecule has 0 radical (unpaired) electrons. The standard InChI is InChI=1S/C12H11ClN4O.C2HF3O2/c1-8-10(6-14-11-4-5-18-16-11)17-7-9(13)2-3-12(17)15-8;3-2(4,5)1(6)7/h2-5,7H,6H2,1H3,(H,14,16);(H,6,7). The third-order valence-electron chi connectivity index (χ3n) is 3.00. The topological polar surface area (TPSA) is 92.7 Å². The molecular weight excluding hydrogens is 365 g/mol. The van der Waals surface area contributed by atoms with Crippen LogP contribution in [0.5, 0.6) is 0 Å². The fraction of sp³-hybridized carbons (Fsp3) is 0.214. The summed E-state index contributed by atoms with van der Waals surface area (Å²) in [6, 6.07) is 5.50. The number of halogens is 4. The third-order valence-corrected chi connectivity index (χ3v) is 3.22. The Morgan fingerprint density at radius 3 is 2.64 bits per heavy atom. The van der Waals surface area contributed by atoms with Crippen LogP contribution in [-0.2, 0) is 11.3 Å². The first kappa shape index (κ1) is 18.6. The summed E-state index contributed by atoms with van der Waals surface area (Å²) in [4.78, 5) is 13.4. The van der Waals surface area contributed by atoms with Gasteiger partial charge in [0.05, 0.1) is 23.0 Å². The van der Waals surface area contributed by atoms with Crippen molar-refractivity contribution in [2.45, 2.75) is 19.6 Å². The molecule has 0 saturated heterocycles. The number of pyridine rings is 1. The van der Waals surface area contributed by atoms with Crippen molar-refractivity contribution in [1.82, 2.24) is 14.5 Å². The van der Waals surface area contributed by atoms with Crippen LogP contribution in [0.2, 0.25) is 5.02 Å². The zero-order valence-corrected chi connectivity index (χ0v) is 13.5. The number of aromatic nitrogens is 3. The van der Waals surface area contributed by atoms with E-state index >= 15 is 0 Å². The van der Waals surface area contributed by atoms with Gasteiger partial charge in [0.25, 0.3) is 0 Å². The number of anilines is 1. The van der Waals surface area contributed by atoms with E-state index < -0.39 is 12.1 Å². The molecular formula is C14H12ClF3N4O3. The number of carboxylic acids is 1. The van der Waals surface area contributed by atoms with Crippen LogP contribution in [0.15, 0.2) is 35.2 Å². The summed E-state index contributed by atoms with van der Waals surface area (Å²) in [6.07, 6.45) is -1.70. The minimum atomic E-state index is -5.08. The minimum Gasteiger partial charge on any atom is -0.475 e. The number of carboxylic acid groups (broad SMARTS) is 1. The maximum atomic E-state index is 10.6. The Kier molecular flexibility index (Phi) is 5.52. The lowest BCUT2D eigenvalue weighted by Crippen LogP contribution is -2.21. The highest BCUT2D eigenvalue weighted by Crippen LogP contribution is 2.17. The van der Waals surface area contributed by atoms with Crippen molar-refractivity contribution in [1.29, 1.82) is 0 Å². The Hall–Kier alpha value is -2.75. The number of nitrogens with one attached hydrogen (secondary N) is 1. The fourth-order valence-electron chi connectivity index (χ4n) is 1.88. The van der Waals surface area contributed by atoms with Crippen LogP contribution in [0, 0.1) is 6.92 Å². The van der Waals surface area contributed by atoms with Gasteiger partial charge in [-0.05, 0) is 19.1 Å². The summed E-state index contributed by atoms with van der Waals surface area (Å²) in [7, 11) is 0. The summed E-state index contributed by atoms with van der Waals surface area (Å²) in [5.74, 6) is -2.06.